The molecule has 0 amide bonds. The second kappa shape index (κ2) is 11.1. The predicted octanol–water partition coefficient (Wildman–Crippen LogP) is 8.85. The zero-order chi connectivity index (χ0) is 31.2. The maximum Gasteiger partial charge on any atom is 0.220 e. The Bertz CT molecular complexity index is 2200. The Kier molecular flexibility index (Phi) is 6.44. The lowest BCUT2D eigenvalue weighted by Crippen LogP contribution is -2.59. The number of benzene rings is 6. The summed E-state index contributed by atoms with van der Waals surface area (Å²) in [5.41, 5.74) is 7.48. The van der Waals surface area contributed by atoms with Crippen molar-refractivity contribution in [3.8, 4) is 0 Å². The molecule has 0 fully saturated rings. The third kappa shape index (κ3) is 4.28. The minimum absolute atomic E-state index is 0.615. The summed E-state index contributed by atoms with van der Waals surface area (Å²) in [5.74, 6) is 1.23. The van der Waals surface area contributed by atoms with Crippen LogP contribution in [-0.4, -0.2) is 18.0 Å². The van der Waals surface area contributed by atoms with Crippen molar-refractivity contribution < 1.29 is 8.83 Å². The van der Waals surface area contributed by atoms with Gasteiger partial charge in [0.1, 0.15) is 11.0 Å². The lowest BCUT2D eigenvalue weighted by Gasteiger charge is -2.32. The summed E-state index contributed by atoms with van der Waals surface area (Å²) in [6, 6.07) is 58.9. The Morgan fingerprint density at radius 1 is 0.362 bits per heavy atom. The van der Waals surface area contributed by atoms with Gasteiger partial charge in [0.2, 0.25) is 11.8 Å². The lowest BCUT2D eigenvalue weighted by molar-refractivity contribution is 0.586. The molecule has 1 aliphatic heterocycles. The molecular weight excluding hydrogens is 593 g/mol. The van der Waals surface area contributed by atoms with Crippen molar-refractivity contribution in [3.05, 3.63) is 193 Å². The summed E-state index contributed by atoms with van der Waals surface area (Å²) in [6.45, 7) is 0. The van der Waals surface area contributed by atoms with Gasteiger partial charge in [-0.05, 0) is 56.9 Å². The van der Waals surface area contributed by atoms with Crippen LogP contribution in [0.3, 0.4) is 0 Å². The number of hydrogen-bond acceptors (Lipinski definition) is 4. The Morgan fingerprint density at radius 2 is 0.702 bits per heavy atom. The molecule has 2 aromatic heterocycles. The van der Waals surface area contributed by atoms with Gasteiger partial charge < -0.3 is 8.83 Å². The van der Waals surface area contributed by atoms with E-state index in [4.69, 9.17) is 18.8 Å². The largest absolute Gasteiger partial charge is 0.437 e. The van der Waals surface area contributed by atoms with Gasteiger partial charge in [0.15, 0.2) is 19.2 Å². The number of fused-ring (bicyclic) bond motifs is 2. The predicted molar refractivity (Wildman–Crippen MR) is 192 cm³/mol. The van der Waals surface area contributed by atoms with Gasteiger partial charge in [-0.3, -0.25) is 0 Å². The molecule has 47 heavy (non-hydrogen) atoms. The molecule has 4 nitrogen and oxygen atoms in total. The van der Waals surface area contributed by atoms with Crippen molar-refractivity contribution in [3.63, 3.8) is 0 Å². The highest BCUT2D eigenvalue weighted by Crippen LogP contribution is 2.55. The molecule has 0 bridgehead atoms. The van der Waals surface area contributed by atoms with Crippen LogP contribution in [0.4, 0.5) is 0 Å². The van der Waals surface area contributed by atoms with Gasteiger partial charge in [-0.1, -0.05) is 146 Å². The molecule has 222 valence electrons. The van der Waals surface area contributed by atoms with Gasteiger partial charge in [0, 0.05) is 10.4 Å². The smallest absolute Gasteiger partial charge is 0.220 e. The maximum absolute atomic E-state index is 6.82. The Morgan fingerprint density at radius 3 is 1.09 bits per heavy atom. The van der Waals surface area contributed by atoms with Crippen LogP contribution in [0.5, 0.6) is 0 Å². The molecule has 0 saturated heterocycles. The average molecular weight is 621 g/mol. The van der Waals surface area contributed by atoms with Crippen LogP contribution in [0.1, 0.15) is 22.9 Å². The fraction of sp³-hybridized carbons (Fsp3) is 0. The quantitative estimate of drug-likeness (QED) is 0.174. The first-order valence-electron chi connectivity index (χ1n) is 15.8. The molecule has 0 saturated carbocycles. The molecule has 0 aliphatic carbocycles. The topological polar surface area (TPSA) is 52.1 Å². The molecule has 3 heterocycles. The van der Waals surface area contributed by atoms with Gasteiger partial charge in [0.25, 0.3) is 0 Å². The molecule has 6 aromatic carbocycles. The molecular formula is C42H28N2O2Si. The summed E-state index contributed by atoms with van der Waals surface area (Å²) >= 11 is 0. The fourth-order valence-corrected chi connectivity index (χ4v) is 12.4. The van der Waals surface area contributed by atoms with E-state index in [1.807, 2.05) is 48.5 Å². The standard InChI is InChI=1S/C42H28N2O2Si/c1-5-17-29(18-6-1)37-38(30-19-7-2-8-20-30)40(42-44-34-26-14-16-28-36(34)46-42)47(31-21-9-3-10-22-31,32-23-11-4-12-24-32)39(37)41-43-33-25-13-15-27-35(33)45-41/h1-28H. The Balaban J connectivity index is 1.55. The Hall–Kier alpha value is -6.04. The van der Waals surface area contributed by atoms with E-state index in [1.54, 1.807) is 0 Å². The second-order valence-electron chi connectivity index (χ2n) is 11.7. The minimum atomic E-state index is -3.30. The third-order valence-electron chi connectivity index (χ3n) is 9.05. The van der Waals surface area contributed by atoms with Gasteiger partial charge >= 0.3 is 0 Å². The molecule has 5 heteroatoms. The third-order valence-corrected chi connectivity index (χ3v) is 13.9. The van der Waals surface area contributed by atoms with Gasteiger partial charge in [-0.2, -0.15) is 0 Å². The van der Waals surface area contributed by atoms with E-state index in [-0.39, 0.29) is 0 Å². The van der Waals surface area contributed by atoms with Crippen LogP contribution < -0.4 is 10.4 Å². The molecule has 8 aromatic rings. The van der Waals surface area contributed by atoms with Crippen LogP contribution in [0.15, 0.2) is 179 Å². The number of hydrogen-bond donors (Lipinski definition) is 0. The van der Waals surface area contributed by atoms with E-state index in [0.717, 1.165) is 54.9 Å². The first kappa shape index (κ1) is 27.3. The summed E-state index contributed by atoms with van der Waals surface area (Å²) in [4.78, 5) is 10.5. The molecule has 1 aliphatic rings. The maximum atomic E-state index is 6.82. The molecule has 0 radical (unpaired) electrons. The lowest BCUT2D eigenvalue weighted by atomic mass is 9.91. The number of nitrogens with zero attached hydrogens (tertiary/aromatic N) is 2. The summed E-state index contributed by atoms with van der Waals surface area (Å²) < 4.78 is 13.6. The van der Waals surface area contributed by atoms with E-state index in [0.29, 0.717) is 11.8 Å². The van der Waals surface area contributed by atoms with Crippen LogP contribution in [0.2, 0.25) is 0 Å². The monoisotopic (exact) mass is 620 g/mol. The first-order chi connectivity index (χ1) is 23.3. The zero-order valence-electron chi connectivity index (χ0n) is 25.4. The number of aromatic nitrogens is 2. The van der Waals surface area contributed by atoms with Crippen molar-refractivity contribution in [1.29, 1.82) is 0 Å². The van der Waals surface area contributed by atoms with Crippen molar-refractivity contribution in [2.45, 2.75) is 0 Å². The van der Waals surface area contributed by atoms with Gasteiger partial charge in [-0.25, -0.2) is 9.97 Å². The number of oxazole rings is 2. The molecule has 9 rings (SSSR count). The number of para-hydroxylation sites is 4. The van der Waals surface area contributed by atoms with E-state index in [9.17, 15) is 0 Å². The normalized spacial score (nSPS) is 14.4. The fourth-order valence-electron chi connectivity index (χ4n) is 7.15. The summed E-state index contributed by atoms with van der Waals surface area (Å²) in [6.07, 6.45) is 0. The van der Waals surface area contributed by atoms with E-state index in [2.05, 4.69) is 121 Å². The highest BCUT2D eigenvalue weighted by molar-refractivity contribution is 7.29. The summed E-state index contributed by atoms with van der Waals surface area (Å²) in [5, 5.41) is 4.54. The Labute approximate surface area is 273 Å². The van der Waals surface area contributed by atoms with Crippen molar-refractivity contribution in [2.75, 3.05) is 0 Å². The van der Waals surface area contributed by atoms with Gasteiger partial charge in [0.05, 0.1) is 0 Å². The SMILES string of the molecule is c1ccc(C2=C(c3nc4ccccc4o3)[Si](c3ccccc3)(c3ccccc3)C(c3nc4ccccc4o3)=C2c2ccccc2)cc1. The van der Waals surface area contributed by atoms with Crippen LogP contribution in [-0.2, 0) is 0 Å². The molecule has 0 atom stereocenters. The zero-order valence-corrected chi connectivity index (χ0v) is 26.4. The van der Waals surface area contributed by atoms with Crippen molar-refractivity contribution in [2.24, 2.45) is 0 Å². The molecule has 0 unspecified atom stereocenters. The molecule has 0 spiro atoms. The van der Waals surface area contributed by atoms with E-state index >= 15 is 0 Å². The highest BCUT2D eigenvalue weighted by atomic mass is 28.3. The van der Waals surface area contributed by atoms with E-state index < -0.39 is 8.07 Å². The van der Waals surface area contributed by atoms with Gasteiger partial charge in [-0.15, -0.1) is 0 Å². The number of allylic oxidation sites excluding steroid dienone is 2. The van der Waals surface area contributed by atoms with Crippen LogP contribution in [0, 0.1) is 0 Å². The second-order valence-corrected chi connectivity index (χ2v) is 15.3. The minimum Gasteiger partial charge on any atom is -0.437 e. The number of rotatable bonds is 6. The van der Waals surface area contributed by atoms with Crippen molar-refractivity contribution in [1.82, 2.24) is 9.97 Å². The molecule has 0 N–H and O–H groups in total. The van der Waals surface area contributed by atoms with E-state index in [1.165, 1.54) is 10.4 Å². The van der Waals surface area contributed by atoms with Crippen LogP contribution in [0.25, 0.3) is 43.7 Å². The highest BCUT2D eigenvalue weighted by Gasteiger charge is 2.56. The first-order valence-corrected chi connectivity index (χ1v) is 17.8. The summed E-state index contributed by atoms with van der Waals surface area (Å²) in [7, 11) is -3.30. The average Bonchev–Trinajstić information content (AvgIpc) is 3.85. The van der Waals surface area contributed by atoms with Crippen LogP contribution >= 0.6 is 0 Å². The van der Waals surface area contributed by atoms with Crippen molar-refractivity contribution >= 4 is 62.2 Å².